The molecule has 1 aliphatic carbocycles. The molecular weight excluding hydrogens is 236 g/mol. The fraction of sp³-hybridized carbons (Fsp3) is 0.538. The molecule has 1 aliphatic rings. The van der Waals surface area contributed by atoms with E-state index in [1.807, 2.05) is 0 Å². The zero-order valence-electron chi connectivity index (χ0n) is 8.89. The van der Waals surface area contributed by atoms with Gasteiger partial charge in [-0.25, -0.2) is 0 Å². The maximum Gasteiger partial charge on any atom is 0.0426 e. The highest BCUT2D eigenvalue weighted by Crippen LogP contribution is 2.43. The van der Waals surface area contributed by atoms with Gasteiger partial charge in [-0.3, -0.25) is 0 Å². The third-order valence-electron chi connectivity index (χ3n) is 3.29. The molecule has 76 valence electrons. The number of hydrogen-bond acceptors (Lipinski definition) is 0. The van der Waals surface area contributed by atoms with Gasteiger partial charge in [-0.1, -0.05) is 46.1 Å². The highest BCUT2D eigenvalue weighted by molar-refractivity contribution is 9.09. The van der Waals surface area contributed by atoms with Crippen molar-refractivity contribution in [1.82, 2.24) is 0 Å². The monoisotopic (exact) mass is 252 g/mol. The van der Waals surface area contributed by atoms with Crippen LogP contribution in [-0.4, -0.2) is 0 Å². The van der Waals surface area contributed by atoms with Gasteiger partial charge in [-0.15, -0.1) is 0 Å². The minimum atomic E-state index is 0.580. The third-order valence-corrected chi connectivity index (χ3v) is 4.53. The maximum absolute atomic E-state index is 3.84. The lowest BCUT2D eigenvalue weighted by Gasteiger charge is -2.31. The first-order chi connectivity index (χ1) is 6.68. The van der Waals surface area contributed by atoms with Gasteiger partial charge in [0.05, 0.1) is 0 Å². The standard InChI is InChI=1S/C13H17Br/c1-9-6-7-12(10(2)8-9)13(14)11-4-3-5-11/h6-8,11,13H,3-5H2,1-2H3/t13-/m0/s1. The number of aryl methyl sites for hydroxylation is 2. The summed E-state index contributed by atoms with van der Waals surface area (Å²) in [4.78, 5) is 0.580. The van der Waals surface area contributed by atoms with E-state index in [0.29, 0.717) is 4.83 Å². The van der Waals surface area contributed by atoms with Crippen LogP contribution >= 0.6 is 15.9 Å². The van der Waals surface area contributed by atoms with Crippen molar-refractivity contribution in [3.63, 3.8) is 0 Å². The molecular formula is C13H17Br. The molecule has 1 aromatic rings. The minimum Gasteiger partial charge on any atom is -0.0836 e. The second kappa shape index (κ2) is 4.06. The van der Waals surface area contributed by atoms with Gasteiger partial charge >= 0.3 is 0 Å². The number of benzene rings is 1. The molecule has 1 heteroatoms. The normalized spacial score (nSPS) is 19.1. The van der Waals surface area contributed by atoms with Crippen molar-refractivity contribution in [2.75, 3.05) is 0 Å². The first-order valence-corrected chi connectivity index (χ1v) is 6.31. The van der Waals surface area contributed by atoms with Gasteiger partial charge < -0.3 is 0 Å². The average molecular weight is 253 g/mol. The Bertz CT molecular complexity index is 326. The Morgan fingerprint density at radius 1 is 1.29 bits per heavy atom. The minimum absolute atomic E-state index is 0.580. The number of rotatable bonds is 2. The van der Waals surface area contributed by atoms with Crippen LogP contribution in [0, 0.1) is 19.8 Å². The van der Waals surface area contributed by atoms with Crippen molar-refractivity contribution < 1.29 is 0 Å². The van der Waals surface area contributed by atoms with Gasteiger partial charge in [-0.2, -0.15) is 0 Å². The molecule has 0 bridgehead atoms. The molecule has 0 N–H and O–H groups in total. The zero-order chi connectivity index (χ0) is 10.1. The summed E-state index contributed by atoms with van der Waals surface area (Å²) in [6.45, 7) is 4.37. The van der Waals surface area contributed by atoms with E-state index in [1.54, 1.807) is 0 Å². The van der Waals surface area contributed by atoms with Crippen LogP contribution in [0.25, 0.3) is 0 Å². The largest absolute Gasteiger partial charge is 0.0836 e. The third kappa shape index (κ3) is 1.88. The van der Waals surface area contributed by atoms with E-state index >= 15 is 0 Å². The van der Waals surface area contributed by atoms with Crippen LogP contribution in [0.15, 0.2) is 18.2 Å². The first-order valence-electron chi connectivity index (χ1n) is 5.39. The van der Waals surface area contributed by atoms with Crippen LogP contribution in [0.3, 0.4) is 0 Å². The predicted octanol–water partition coefficient (Wildman–Crippen LogP) is 4.54. The topological polar surface area (TPSA) is 0 Å². The van der Waals surface area contributed by atoms with E-state index in [9.17, 15) is 0 Å². The second-order valence-corrected chi connectivity index (χ2v) is 5.44. The molecule has 0 spiro atoms. The van der Waals surface area contributed by atoms with Gasteiger partial charge in [0.25, 0.3) is 0 Å². The summed E-state index contributed by atoms with van der Waals surface area (Å²) in [6.07, 6.45) is 4.20. The highest BCUT2D eigenvalue weighted by Gasteiger charge is 2.27. The van der Waals surface area contributed by atoms with Crippen LogP contribution in [0.2, 0.25) is 0 Å². The second-order valence-electron chi connectivity index (χ2n) is 4.45. The molecule has 0 aromatic heterocycles. The van der Waals surface area contributed by atoms with E-state index in [0.717, 1.165) is 5.92 Å². The highest BCUT2D eigenvalue weighted by atomic mass is 79.9. The lowest BCUT2D eigenvalue weighted by molar-refractivity contribution is 0.312. The SMILES string of the molecule is Cc1ccc([C@@H](Br)C2CCC2)c(C)c1. The number of alkyl halides is 1. The summed E-state index contributed by atoms with van der Waals surface area (Å²) in [5.74, 6) is 0.872. The summed E-state index contributed by atoms with van der Waals surface area (Å²) in [5, 5.41) is 0. The van der Waals surface area contributed by atoms with Crippen molar-refractivity contribution in [2.45, 2.75) is 37.9 Å². The van der Waals surface area contributed by atoms with Crippen molar-refractivity contribution in [2.24, 2.45) is 5.92 Å². The summed E-state index contributed by atoms with van der Waals surface area (Å²) < 4.78 is 0. The van der Waals surface area contributed by atoms with Crippen molar-refractivity contribution in [3.05, 3.63) is 34.9 Å². The molecule has 14 heavy (non-hydrogen) atoms. The fourth-order valence-corrected chi connectivity index (χ4v) is 3.16. The van der Waals surface area contributed by atoms with E-state index < -0.39 is 0 Å². The molecule has 0 radical (unpaired) electrons. The summed E-state index contributed by atoms with van der Waals surface area (Å²) in [5.41, 5.74) is 4.28. The van der Waals surface area contributed by atoms with Crippen LogP contribution in [0.1, 0.15) is 40.8 Å². The molecule has 2 rings (SSSR count). The van der Waals surface area contributed by atoms with E-state index in [4.69, 9.17) is 0 Å². The Kier molecular flexibility index (Phi) is 2.96. The molecule has 0 amide bonds. The smallest absolute Gasteiger partial charge is 0.0426 e. The Hall–Kier alpha value is -0.300. The summed E-state index contributed by atoms with van der Waals surface area (Å²) >= 11 is 3.84. The molecule has 1 atom stereocenters. The van der Waals surface area contributed by atoms with E-state index in [-0.39, 0.29) is 0 Å². The van der Waals surface area contributed by atoms with Crippen LogP contribution in [-0.2, 0) is 0 Å². The van der Waals surface area contributed by atoms with Crippen molar-refractivity contribution in [3.8, 4) is 0 Å². The van der Waals surface area contributed by atoms with Crippen LogP contribution < -0.4 is 0 Å². The van der Waals surface area contributed by atoms with Gasteiger partial charge in [-0.05, 0) is 43.7 Å². The molecule has 0 nitrogen and oxygen atoms in total. The lowest BCUT2D eigenvalue weighted by atomic mass is 9.80. The number of halogens is 1. The zero-order valence-corrected chi connectivity index (χ0v) is 10.5. The first kappa shape index (κ1) is 10.2. The van der Waals surface area contributed by atoms with Crippen molar-refractivity contribution in [1.29, 1.82) is 0 Å². The maximum atomic E-state index is 3.84. The molecule has 0 unspecified atom stereocenters. The lowest BCUT2D eigenvalue weighted by Crippen LogP contribution is -2.16. The fourth-order valence-electron chi connectivity index (χ4n) is 2.12. The molecule has 0 aliphatic heterocycles. The predicted molar refractivity (Wildman–Crippen MR) is 64.9 cm³/mol. The molecule has 1 saturated carbocycles. The van der Waals surface area contributed by atoms with Gasteiger partial charge in [0.15, 0.2) is 0 Å². The van der Waals surface area contributed by atoms with Crippen LogP contribution in [0.4, 0.5) is 0 Å². The van der Waals surface area contributed by atoms with Gasteiger partial charge in [0.1, 0.15) is 0 Å². The Labute approximate surface area is 94.8 Å². The quantitative estimate of drug-likeness (QED) is 0.679. The Morgan fingerprint density at radius 3 is 2.50 bits per heavy atom. The molecule has 1 fully saturated rings. The van der Waals surface area contributed by atoms with Crippen LogP contribution in [0.5, 0.6) is 0 Å². The Balaban J connectivity index is 2.22. The summed E-state index contributed by atoms with van der Waals surface area (Å²) in [7, 11) is 0. The average Bonchev–Trinajstić information content (AvgIpc) is 2.00. The van der Waals surface area contributed by atoms with Crippen molar-refractivity contribution >= 4 is 15.9 Å². The molecule has 0 saturated heterocycles. The molecule has 0 heterocycles. The van der Waals surface area contributed by atoms with Gasteiger partial charge in [0, 0.05) is 4.83 Å². The molecule has 1 aromatic carbocycles. The van der Waals surface area contributed by atoms with E-state index in [2.05, 4.69) is 48.0 Å². The van der Waals surface area contributed by atoms with E-state index in [1.165, 1.54) is 36.0 Å². The number of hydrogen-bond donors (Lipinski definition) is 0. The van der Waals surface area contributed by atoms with Gasteiger partial charge in [0.2, 0.25) is 0 Å². The summed E-state index contributed by atoms with van der Waals surface area (Å²) in [6, 6.07) is 6.78. The Morgan fingerprint density at radius 2 is 2.00 bits per heavy atom.